The van der Waals surface area contributed by atoms with Gasteiger partial charge in [-0.05, 0) is 32.0 Å². The van der Waals surface area contributed by atoms with Crippen LogP contribution in [0.5, 0.6) is 0 Å². The molecule has 5 nitrogen and oxygen atoms in total. The van der Waals surface area contributed by atoms with Gasteiger partial charge in [0.2, 0.25) is 0 Å². The van der Waals surface area contributed by atoms with Crippen LogP contribution in [0.2, 0.25) is 0 Å². The summed E-state index contributed by atoms with van der Waals surface area (Å²) in [4.78, 5) is 11.5. The highest BCUT2D eigenvalue weighted by molar-refractivity contribution is 6.04. The summed E-state index contributed by atoms with van der Waals surface area (Å²) < 4.78 is 37.8. The Morgan fingerprint density at radius 2 is 1.95 bits per heavy atom. The van der Waals surface area contributed by atoms with E-state index in [1.54, 1.807) is 13.8 Å². The molecule has 0 aromatic heterocycles. The zero-order valence-corrected chi connectivity index (χ0v) is 10.9. The van der Waals surface area contributed by atoms with Crippen LogP contribution in [-0.4, -0.2) is 17.9 Å². The fraction of sp³-hybridized carbons (Fsp3) is 0.333. The van der Waals surface area contributed by atoms with Crippen LogP contribution >= 0.6 is 0 Å². The Bertz CT molecular complexity index is 526. The van der Waals surface area contributed by atoms with Gasteiger partial charge in [-0.1, -0.05) is 0 Å². The number of alkyl halides is 3. The van der Waals surface area contributed by atoms with Crippen molar-refractivity contribution < 1.29 is 18.0 Å². The van der Waals surface area contributed by atoms with Gasteiger partial charge in [-0.3, -0.25) is 5.41 Å². The van der Waals surface area contributed by atoms with Crippen molar-refractivity contribution >= 4 is 17.6 Å². The third kappa shape index (κ3) is 4.15. The Morgan fingerprint density at radius 3 is 2.40 bits per heavy atom. The highest BCUT2D eigenvalue weighted by atomic mass is 19.4. The van der Waals surface area contributed by atoms with Gasteiger partial charge in [-0.25, -0.2) is 4.79 Å². The molecule has 0 aliphatic heterocycles. The molecule has 2 amide bonds. The maximum atomic E-state index is 12.6. The molecule has 0 aliphatic rings. The van der Waals surface area contributed by atoms with Crippen LogP contribution in [0.4, 0.5) is 23.7 Å². The summed E-state index contributed by atoms with van der Waals surface area (Å²) in [7, 11) is 0. The predicted molar refractivity (Wildman–Crippen MR) is 69.8 cm³/mol. The second kappa shape index (κ2) is 5.81. The van der Waals surface area contributed by atoms with E-state index in [9.17, 15) is 18.0 Å². The lowest BCUT2D eigenvalue weighted by Gasteiger charge is -2.15. The average Bonchev–Trinajstić information content (AvgIpc) is 2.26. The van der Waals surface area contributed by atoms with Crippen LogP contribution in [0, 0.1) is 5.41 Å². The first-order valence-corrected chi connectivity index (χ1v) is 5.74. The molecule has 8 heteroatoms. The van der Waals surface area contributed by atoms with Crippen molar-refractivity contribution in [2.24, 2.45) is 5.73 Å². The van der Waals surface area contributed by atoms with E-state index in [2.05, 4.69) is 10.6 Å². The summed E-state index contributed by atoms with van der Waals surface area (Å²) in [6.45, 7) is 3.47. The van der Waals surface area contributed by atoms with E-state index in [4.69, 9.17) is 11.1 Å². The molecule has 0 fully saturated rings. The summed E-state index contributed by atoms with van der Waals surface area (Å²) in [5, 5.41) is 12.2. The minimum absolute atomic E-state index is 0.0450. The minimum Gasteiger partial charge on any atom is -0.384 e. The third-order valence-electron chi connectivity index (χ3n) is 2.31. The number of rotatable bonds is 3. The van der Waals surface area contributed by atoms with E-state index in [-0.39, 0.29) is 17.3 Å². The van der Waals surface area contributed by atoms with Crippen molar-refractivity contribution in [2.45, 2.75) is 26.1 Å². The van der Waals surface area contributed by atoms with Crippen molar-refractivity contribution in [3.63, 3.8) is 0 Å². The Morgan fingerprint density at radius 1 is 1.35 bits per heavy atom. The summed E-state index contributed by atoms with van der Waals surface area (Å²) in [5.74, 6) is -0.559. The quantitative estimate of drug-likeness (QED) is 0.508. The van der Waals surface area contributed by atoms with E-state index in [0.717, 1.165) is 18.2 Å². The molecule has 0 saturated heterocycles. The number of nitrogens with one attached hydrogen (secondary N) is 3. The van der Waals surface area contributed by atoms with Gasteiger partial charge in [0.15, 0.2) is 0 Å². The van der Waals surface area contributed by atoms with E-state index in [0.29, 0.717) is 0 Å². The summed E-state index contributed by atoms with van der Waals surface area (Å²) >= 11 is 0. The van der Waals surface area contributed by atoms with Gasteiger partial charge in [0.05, 0.1) is 11.3 Å². The number of urea groups is 1. The molecule has 1 aromatic carbocycles. The Labute approximate surface area is 113 Å². The number of nitrogen functional groups attached to an aromatic ring is 1. The number of anilines is 1. The summed E-state index contributed by atoms with van der Waals surface area (Å²) in [6.07, 6.45) is -4.54. The molecule has 0 bridgehead atoms. The van der Waals surface area contributed by atoms with Gasteiger partial charge < -0.3 is 16.4 Å². The van der Waals surface area contributed by atoms with Gasteiger partial charge in [0, 0.05) is 11.6 Å². The first kappa shape index (κ1) is 15.8. The largest absolute Gasteiger partial charge is 0.416 e. The second-order valence-corrected chi connectivity index (χ2v) is 4.42. The number of halogens is 3. The van der Waals surface area contributed by atoms with Crippen molar-refractivity contribution in [1.82, 2.24) is 5.32 Å². The SMILES string of the molecule is CC(C)NC(=O)Nc1ccc(C(F)(F)F)cc1C(=N)N. The number of carbonyl (C=O) groups is 1. The third-order valence-corrected chi connectivity index (χ3v) is 2.31. The molecule has 0 atom stereocenters. The van der Waals surface area contributed by atoms with Gasteiger partial charge in [0.25, 0.3) is 0 Å². The number of amides is 2. The van der Waals surface area contributed by atoms with Crippen molar-refractivity contribution in [2.75, 3.05) is 5.32 Å². The van der Waals surface area contributed by atoms with Crippen LogP contribution in [0.1, 0.15) is 25.0 Å². The van der Waals surface area contributed by atoms with Crippen LogP contribution in [0.3, 0.4) is 0 Å². The highest BCUT2D eigenvalue weighted by Crippen LogP contribution is 2.31. The maximum Gasteiger partial charge on any atom is 0.416 e. The van der Waals surface area contributed by atoms with Crippen LogP contribution < -0.4 is 16.4 Å². The number of hydrogen-bond donors (Lipinski definition) is 4. The molecule has 0 spiro atoms. The van der Waals surface area contributed by atoms with Crippen molar-refractivity contribution in [3.8, 4) is 0 Å². The zero-order chi connectivity index (χ0) is 15.5. The smallest absolute Gasteiger partial charge is 0.384 e. The lowest BCUT2D eigenvalue weighted by Crippen LogP contribution is -2.34. The average molecular weight is 288 g/mol. The monoisotopic (exact) mass is 288 g/mol. The lowest BCUT2D eigenvalue weighted by atomic mass is 10.1. The first-order chi connectivity index (χ1) is 9.11. The number of nitrogens with two attached hydrogens (primary N) is 1. The molecule has 1 aromatic rings. The van der Waals surface area contributed by atoms with Crippen molar-refractivity contribution in [3.05, 3.63) is 29.3 Å². The maximum absolute atomic E-state index is 12.6. The molecule has 0 heterocycles. The topological polar surface area (TPSA) is 91.0 Å². The van der Waals surface area contributed by atoms with E-state index < -0.39 is 23.6 Å². The van der Waals surface area contributed by atoms with Crippen molar-refractivity contribution in [1.29, 1.82) is 5.41 Å². The molecule has 5 N–H and O–H groups in total. The molecule has 0 unspecified atom stereocenters. The minimum atomic E-state index is -4.54. The van der Waals surface area contributed by atoms with E-state index in [1.165, 1.54) is 0 Å². The molecular weight excluding hydrogens is 273 g/mol. The standard InChI is InChI=1S/C12H15F3N4O/c1-6(2)18-11(20)19-9-4-3-7(12(13,14)15)5-8(9)10(16)17/h3-6H,1-2H3,(H3,16,17)(H2,18,19,20). The zero-order valence-electron chi connectivity index (χ0n) is 10.9. The second-order valence-electron chi connectivity index (χ2n) is 4.42. The predicted octanol–water partition coefficient (Wildman–Crippen LogP) is 2.52. The molecule has 0 radical (unpaired) electrons. The number of amidine groups is 1. The fourth-order valence-electron chi connectivity index (χ4n) is 1.47. The van der Waals surface area contributed by atoms with Crippen LogP contribution in [0.25, 0.3) is 0 Å². The van der Waals surface area contributed by atoms with Crippen LogP contribution in [0.15, 0.2) is 18.2 Å². The molecule has 110 valence electrons. The lowest BCUT2D eigenvalue weighted by molar-refractivity contribution is -0.137. The first-order valence-electron chi connectivity index (χ1n) is 5.74. The highest BCUT2D eigenvalue weighted by Gasteiger charge is 2.31. The molecule has 1 rings (SSSR count). The molecule has 0 saturated carbocycles. The number of hydrogen-bond acceptors (Lipinski definition) is 2. The molecular formula is C12H15F3N4O. The van der Waals surface area contributed by atoms with Gasteiger partial charge >= 0.3 is 12.2 Å². The Hall–Kier alpha value is -2.25. The number of carbonyl (C=O) groups excluding carboxylic acids is 1. The fourth-order valence-corrected chi connectivity index (χ4v) is 1.47. The van der Waals surface area contributed by atoms with Crippen LogP contribution in [-0.2, 0) is 6.18 Å². The Balaban J connectivity index is 3.08. The van der Waals surface area contributed by atoms with Gasteiger partial charge in [-0.15, -0.1) is 0 Å². The normalized spacial score (nSPS) is 11.3. The van der Waals surface area contributed by atoms with Gasteiger partial charge in [0.1, 0.15) is 5.84 Å². The molecule has 20 heavy (non-hydrogen) atoms. The number of benzene rings is 1. The summed E-state index contributed by atoms with van der Waals surface area (Å²) in [5.41, 5.74) is 4.18. The van der Waals surface area contributed by atoms with E-state index >= 15 is 0 Å². The summed E-state index contributed by atoms with van der Waals surface area (Å²) in [6, 6.07) is 1.90. The van der Waals surface area contributed by atoms with E-state index in [1.807, 2.05) is 0 Å². The Kier molecular flexibility index (Phi) is 4.59. The van der Waals surface area contributed by atoms with Gasteiger partial charge in [-0.2, -0.15) is 13.2 Å². The molecule has 0 aliphatic carbocycles.